The molecule has 148 valence electrons. The first-order valence-corrected chi connectivity index (χ1v) is 9.66. The van der Waals surface area contributed by atoms with E-state index in [1.54, 1.807) is 4.57 Å². The number of para-hydroxylation sites is 1. The number of carbonyl (C=O) groups is 1. The number of likely N-dealkylation sites (N-methyl/N-ethyl adjacent to an activating group) is 1. The lowest BCUT2D eigenvalue weighted by molar-refractivity contribution is -0.134. The van der Waals surface area contributed by atoms with Crippen LogP contribution >= 0.6 is 0 Å². The molecule has 1 aliphatic heterocycles. The molecule has 1 aliphatic rings. The number of nitrogens with zero attached hydrogens (tertiary/aromatic N) is 4. The summed E-state index contributed by atoms with van der Waals surface area (Å²) in [5, 5.41) is 8.74. The Morgan fingerprint density at radius 3 is 2.71 bits per heavy atom. The Labute approximate surface area is 162 Å². The highest BCUT2D eigenvalue weighted by Gasteiger charge is 2.24. The average Bonchev–Trinajstić information content (AvgIpc) is 3.10. The topological polar surface area (TPSA) is 100 Å². The van der Waals surface area contributed by atoms with Crippen LogP contribution in [0, 0.1) is 6.92 Å². The van der Waals surface area contributed by atoms with Gasteiger partial charge in [-0.3, -0.25) is 14.7 Å². The second kappa shape index (κ2) is 7.37. The monoisotopic (exact) mass is 382 g/mol. The summed E-state index contributed by atoms with van der Waals surface area (Å²) in [4.78, 5) is 29.8. The molecule has 3 N–H and O–H groups in total. The summed E-state index contributed by atoms with van der Waals surface area (Å²) in [7, 11) is 2.05. The number of rotatable bonds is 4. The van der Waals surface area contributed by atoms with Crippen molar-refractivity contribution in [2.24, 2.45) is 5.73 Å². The molecule has 0 radical (unpaired) electrons. The Kier molecular flexibility index (Phi) is 4.91. The van der Waals surface area contributed by atoms with E-state index in [4.69, 9.17) is 5.73 Å². The van der Waals surface area contributed by atoms with Crippen molar-refractivity contribution in [1.82, 2.24) is 24.6 Å². The van der Waals surface area contributed by atoms with Gasteiger partial charge in [-0.1, -0.05) is 18.2 Å². The first-order valence-electron chi connectivity index (χ1n) is 9.66. The van der Waals surface area contributed by atoms with Gasteiger partial charge in [0.1, 0.15) is 5.52 Å². The maximum Gasteiger partial charge on any atom is 0.262 e. The lowest BCUT2D eigenvalue weighted by Crippen LogP contribution is -2.52. The maximum absolute atomic E-state index is 13.1. The number of nitrogens with two attached hydrogens (primary N) is 1. The first kappa shape index (κ1) is 18.6. The summed E-state index contributed by atoms with van der Waals surface area (Å²) in [5.41, 5.74) is 8.36. The average molecular weight is 382 g/mol. The Morgan fingerprint density at radius 1 is 1.25 bits per heavy atom. The molecule has 2 aromatic heterocycles. The number of aromatic nitrogens is 3. The molecule has 0 aliphatic carbocycles. The molecule has 8 heteroatoms. The van der Waals surface area contributed by atoms with Gasteiger partial charge in [0.15, 0.2) is 0 Å². The van der Waals surface area contributed by atoms with E-state index in [0.717, 1.165) is 29.7 Å². The molecule has 3 heterocycles. The molecule has 0 saturated carbocycles. The van der Waals surface area contributed by atoms with Gasteiger partial charge in [0.25, 0.3) is 5.56 Å². The van der Waals surface area contributed by atoms with Crippen molar-refractivity contribution in [2.75, 3.05) is 33.2 Å². The van der Waals surface area contributed by atoms with Gasteiger partial charge in [0.2, 0.25) is 5.91 Å². The summed E-state index contributed by atoms with van der Waals surface area (Å²) in [6.45, 7) is 5.36. The fourth-order valence-corrected chi connectivity index (χ4v) is 3.91. The van der Waals surface area contributed by atoms with Gasteiger partial charge in [-0.05, 0) is 26.5 Å². The summed E-state index contributed by atoms with van der Waals surface area (Å²) in [5.74, 6) is -0.0361. The number of pyridine rings is 1. The molecule has 1 unspecified atom stereocenters. The number of hydrogen-bond acceptors (Lipinski definition) is 5. The zero-order valence-electron chi connectivity index (χ0n) is 16.3. The Hall–Kier alpha value is -2.71. The van der Waals surface area contributed by atoms with Crippen LogP contribution in [-0.4, -0.2) is 69.7 Å². The fraction of sp³-hybridized carbons (Fsp3) is 0.450. The zero-order chi connectivity index (χ0) is 19.8. The van der Waals surface area contributed by atoms with Crippen LogP contribution in [0.4, 0.5) is 0 Å². The second-order valence-electron chi connectivity index (χ2n) is 7.57. The van der Waals surface area contributed by atoms with E-state index in [1.165, 1.54) is 0 Å². The molecule has 1 fully saturated rings. The number of amides is 1. The Morgan fingerprint density at radius 2 is 1.96 bits per heavy atom. The van der Waals surface area contributed by atoms with Crippen molar-refractivity contribution in [3.05, 3.63) is 40.3 Å². The number of piperazine rings is 1. The van der Waals surface area contributed by atoms with E-state index in [0.29, 0.717) is 37.0 Å². The third kappa shape index (κ3) is 3.18. The summed E-state index contributed by atoms with van der Waals surface area (Å²) in [6, 6.07) is 7.09. The molecular formula is C20H26N6O2. The quantitative estimate of drug-likeness (QED) is 0.691. The molecule has 4 rings (SSSR count). The van der Waals surface area contributed by atoms with Crippen molar-refractivity contribution in [2.45, 2.75) is 25.9 Å². The van der Waals surface area contributed by atoms with Gasteiger partial charge >= 0.3 is 0 Å². The smallest absolute Gasteiger partial charge is 0.262 e. The normalized spacial score (nSPS) is 16.8. The number of aryl methyl sites for hydroxylation is 2. The van der Waals surface area contributed by atoms with Crippen LogP contribution in [0.3, 0.4) is 0 Å². The lowest BCUT2D eigenvalue weighted by Gasteiger charge is -2.34. The van der Waals surface area contributed by atoms with E-state index < -0.39 is 6.04 Å². The third-order valence-corrected chi connectivity index (χ3v) is 5.65. The molecule has 1 atom stereocenters. The molecule has 1 amide bonds. The summed E-state index contributed by atoms with van der Waals surface area (Å²) >= 11 is 0. The highest BCUT2D eigenvalue weighted by atomic mass is 16.2. The highest BCUT2D eigenvalue weighted by Crippen LogP contribution is 2.22. The van der Waals surface area contributed by atoms with Gasteiger partial charge < -0.3 is 20.1 Å². The number of aromatic amines is 1. The van der Waals surface area contributed by atoms with E-state index in [2.05, 4.69) is 15.1 Å². The predicted octanol–water partition coefficient (Wildman–Crippen LogP) is 0.678. The predicted molar refractivity (Wildman–Crippen MR) is 109 cm³/mol. The standard InChI is InChI=1S/C20H26N6O2/c1-13-17-18(23-22-13)14-5-3-4-6-16(14)26(20(17)28)8-7-15(21)19(27)25-11-9-24(2)10-12-25/h3-6,15H,7-12,21H2,1-2H3,(H,22,23). The molecule has 3 aromatic rings. The number of H-pyrrole nitrogens is 1. The largest absolute Gasteiger partial charge is 0.339 e. The van der Waals surface area contributed by atoms with Crippen molar-refractivity contribution >= 4 is 27.7 Å². The number of hydrogen-bond donors (Lipinski definition) is 2. The number of benzene rings is 1. The summed E-state index contributed by atoms with van der Waals surface area (Å²) < 4.78 is 1.72. The van der Waals surface area contributed by atoms with Gasteiger partial charge in [-0.15, -0.1) is 0 Å². The molecule has 1 aromatic carbocycles. The van der Waals surface area contributed by atoms with Crippen LogP contribution in [-0.2, 0) is 11.3 Å². The van der Waals surface area contributed by atoms with Crippen LogP contribution in [0.25, 0.3) is 21.8 Å². The van der Waals surface area contributed by atoms with Crippen LogP contribution < -0.4 is 11.3 Å². The zero-order valence-corrected chi connectivity index (χ0v) is 16.3. The highest BCUT2D eigenvalue weighted by molar-refractivity contribution is 6.03. The maximum atomic E-state index is 13.1. The van der Waals surface area contributed by atoms with Crippen molar-refractivity contribution in [3.63, 3.8) is 0 Å². The molecule has 28 heavy (non-hydrogen) atoms. The fourth-order valence-electron chi connectivity index (χ4n) is 3.91. The first-order chi connectivity index (χ1) is 13.5. The SMILES string of the molecule is Cc1[nH]nc2c1c(=O)n(CCC(N)C(=O)N1CCN(C)CC1)c1ccccc21. The minimum atomic E-state index is -0.616. The van der Waals surface area contributed by atoms with Crippen molar-refractivity contribution in [1.29, 1.82) is 0 Å². The molecule has 0 bridgehead atoms. The van der Waals surface area contributed by atoms with Crippen molar-refractivity contribution in [3.8, 4) is 0 Å². The minimum absolute atomic E-state index is 0.0361. The van der Waals surface area contributed by atoms with Gasteiger partial charge in [-0.25, -0.2) is 0 Å². The number of nitrogens with one attached hydrogen (secondary N) is 1. The number of fused-ring (bicyclic) bond motifs is 3. The molecule has 1 saturated heterocycles. The third-order valence-electron chi connectivity index (χ3n) is 5.65. The van der Waals surface area contributed by atoms with Crippen LogP contribution in [0.5, 0.6) is 0 Å². The molecular weight excluding hydrogens is 356 g/mol. The van der Waals surface area contributed by atoms with E-state index >= 15 is 0 Å². The molecule has 8 nitrogen and oxygen atoms in total. The number of carbonyl (C=O) groups excluding carboxylic acids is 1. The van der Waals surface area contributed by atoms with E-state index in [-0.39, 0.29) is 11.5 Å². The van der Waals surface area contributed by atoms with Crippen LogP contribution in [0.1, 0.15) is 12.1 Å². The van der Waals surface area contributed by atoms with Gasteiger partial charge in [0.05, 0.1) is 16.9 Å². The van der Waals surface area contributed by atoms with Gasteiger partial charge in [-0.2, -0.15) is 5.10 Å². The van der Waals surface area contributed by atoms with E-state index in [1.807, 2.05) is 43.1 Å². The second-order valence-corrected chi connectivity index (χ2v) is 7.57. The van der Waals surface area contributed by atoms with Gasteiger partial charge in [0, 0.05) is 43.8 Å². The lowest BCUT2D eigenvalue weighted by atomic mass is 10.1. The van der Waals surface area contributed by atoms with Crippen LogP contribution in [0.15, 0.2) is 29.1 Å². The molecule has 0 spiro atoms. The van der Waals surface area contributed by atoms with Crippen molar-refractivity contribution < 1.29 is 4.79 Å². The Bertz CT molecular complexity index is 1080. The Balaban J connectivity index is 1.61. The summed E-state index contributed by atoms with van der Waals surface area (Å²) in [6.07, 6.45) is 0.414. The minimum Gasteiger partial charge on any atom is -0.339 e. The van der Waals surface area contributed by atoms with E-state index in [9.17, 15) is 9.59 Å². The van der Waals surface area contributed by atoms with Crippen LogP contribution in [0.2, 0.25) is 0 Å².